The fraction of sp³-hybridized carbons (Fsp3) is 0.300. The second-order valence-corrected chi connectivity index (χ2v) is 2.94. The molecular formula is C10H11NO2. The van der Waals surface area contributed by atoms with E-state index in [0.717, 1.165) is 17.0 Å². The van der Waals surface area contributed by atoms with Gasteiger partial charge in [-0.05, 0) is 29.8 Å². The number of rotatable bonds is 3. The van der Waals surface area contributed by atoms with Crippen LogP contribution < -0.4 is 4.74 Å². The highest BCUT2D eigenvalue weighted by molar-refractivity contribution is 6.13. The first-order valence-electron chi connectivity index (χ1n) is 4.18. The lowest BCUT2D eigenvalue weighted by molar-refractivity contribution is 0.301. The van der Waals surface area contributed by atoms with Crippen LogP contribution in [0.25, 0.3) is 0 Å². The molecule has 1 N–H and O–H groups in total. The molecule has 1 aliphatic rings. The summed E-state index contributed by atoms with van der Waals surface area (Å²) in [5.41, 5.74) is 2.06. The second kappa shape index (κ2) is 3.18. The summed E-state index contributed by atoms with van der Waals surface area (Å²) < 4.78 is 5.03. The molecule has 1 aromatic carbocycles. The first-order chi connectivity index (χ1) is 6.35. The number of benzene rings is 1. The van der Waals surface area contributed by atoms with Crippen LogP contribution in [0.3, 0.4) is 0 Å². The number of hydrogen-bond donors (Lipinski definition) is 1. The summed E-state index contributed by atoms with van der Waals surface area (Å²) in [5.74, 6) is 0.838. The Balaban J connectivity index is 2.11. The van der Waals surface area contributed by atoms with Crippen LogP contribution >= 0.6 is 0 Å². The zero-order chi connectivity index (χ0) is 9.26. The Morgan fingerprint density at radius 3 is 2.54 bits per heavy atom. The highest BCUT2D eigenvalue weighted by atomic mass is 16.5. The molecule has 0 saturated carbocycles. The van der Waals surface area contributed by atoms with Crippen molar-refractivity contribution >= 4 is 5.71 Å². The molecule has 0 unspecified atom stereocenters. The Bertz CT molecular complexity index is 329. The molecule has 3 heteroatoms. The average molecular weight is 177 g/mol. The summed E-state index contributed by atoms with van der Waals surface area (Å²) in [7, 11) is 1.64. The van der Waals surface area contributed by atoms with Crippen LogP contribution in [0.15, 0.2) is 29.3 Å². The summed E-state index contributed by atoms with van der Waals surface area (Å²) in [6, 6.07) is 7.73. The van der Waals surface area contributed by atoms with Gasteiger partial charge in [0.1, 0.15) is 11.8 Å². The molecule has 3 nitrogen and oxygen atoms in total. The van der Waals surface area contributed by atoms with E-state index < -0.39 is 0 Å². The molecule has 0 saturated heterocycles. The number of nitrogens with zero attached hydrogens (tertiary/aromatic N) is 1. The lowest BCUT2D eigenvalue weighted by Gasteiger charge is -1.99. The smallest absolute Gasteiger partial charge is 0.118 e. The Morgan fingerprint density at radius 2 is 2.08 bits per heavy atom. The van der Waals surface area contributed by atoms with Gasteiger partial charge in [-0.1, -0.05) is 0 Å². The predicted octanol–water partition coefficient (Wildman–Crippen LogP) is 0.859. The normalized spacial score (nSPS) is 19.5. The minimum absolute atomic E-state index is 0.0356. The zero-order valence-electron chi connectivity index (χ0n) is 7.40. The van der Waals surface area contributed by atoms with E-state index in [0.29, 0.717) is 0 Å². The minimum Gasteiger partial charge on any atom is -0.497 e. The Morgan fingerprint density at radius 1 is 1.38 bits per heavy atom. The molecule has 13 heavy (non-hydrogen) atoms. The molecule has 0 fully saturated rings. The monoisotopic (exact) mass is 177 g/mol. The molecule has 2 rings (SSSR count). The van der Waals surface area contributed by atoms with Crippen molar-refractivity contribution in [1.82, 2.24) is 0 Å². The molecular weight excluding hydrogens is 166 g/mol. The van der Waals surface area contributed by atoms with E-state index in [-0.39, 0.29) is 12.6 Å². The van der Waals surface area contributed by atoms with E-state index in [4.69, 9.17) is 9.84 Å². The highest BCUT2D eigenvalue weighted by Crippen LogP contribution is 2.21. The van der Waals surface area contributed by atoms with Crippen molar-refractivity contribution in [3.05, 3.63) is 29.8 Å². The molecule has 1 atom stereocenters. The SMILES string of the molecule is COc1ccc(C2=N[C@@H]2CO)cc1. The lowest BCUT2D eigenvalue weighted by atomic mass is 10.1. The predicted molar refractivity (Wildman–Crippen MR) is 50.4 cm³/mol. The van der Waals surface area contributed by atoms with Crippen molar-refractivity contribution in [2.24, 2.45) is 4.99 Å². The third kappa shape index (κ3) is 1.55. The number of aliphatic hydroxyl groups excluding tert-OH is 1. The molecule has 1 heterocycles. The summed E-state index contributed by atoms with van der Waals surface area (Å²) >= 11 is 0. The van der Waals surface area contributed by atoms with E-state index in [9.17, 15) is 0 Å². The fourth-order valence-corrected chi connectivity index (χ4v) is 1.29. The third-order valence-electron chi connectivity index (χ3n) is 2.10. The number of aliphatic imine (C=N–C) groups is 1. The van der Waals surface area contributed by atoms with Crippen LogP contribution in [-0.2, 0) is 0 Å². The van der Waals surface area contributed by atoms with Crippen molar-refractivity contribution < 1.29 is 9.84 Å². The van der Waals surface area contributed by atoms with Gasteiger partial charge in [-0.2, -0.15) is 0 Å². The molecule has 68 valence electrons. The maximum Gasteiger partial charge on any atom is 0.118 e. The van der Waals surface area contributed by atoms with Crippen LogP contribution in [-0.4, -0.2) is 30.6 Å². The molecule has 1 aromatic rings. The Hall–Kier alpha value is -1.35. The maximum atomic E-state index is 8.80. The lowest BCUT2D eigenvalue weighted by Crippen LogP contribution is -2.03. The Kier molecular flexibility index (Phi) is 2.02. The summed E-state index contributed by atoms with van der Waals surface area (Å²) in [6.07, 6.45) is 0. The molecule has 0 bridgehead atoms. The van der Waals surface area contributed by atoms with E-state index in [1.54, 1.807) is 7.11 Å². The minimum atomic E-state index is 0.0356. The van der Waals surface area contributed by atoms with Gasteiger partial charge in [0.15, 0.2) is 0 Å². The standard InChI is InChI=1S/C10H11NO2/c1-13-8-4-2-7(3-5-8)10-9(6-12)11-10/h2-5,9,12H,6H2,1H3/t9-/m1/s1. The van der Waals surface area contributed by atoms with Gasteiger partial charge < -0.3 is 9.84 Å². The number of aliphatic hydroxyl groups is 1. The fourth-order valence-electron chi connectivity index (χ4n) is 1.29. The Labute approximate surface area is 76.7 Å². The van der Waals surface area contributed by atoms with Crippen molar-refractivity contribution in [2.75, 3.05) is 13.7 Å². The average Bonchev–Trinajstić information content (AvgIpc) is 2.97. The van der Waals surface area contributed by atoms with Crippen LogP contribution in [0, 0.1) is 0 Å². The van der Waals surface area contributed by atoms with Gasteiger partial charge in [0, 0.05) is 0 Å². The summed E-state index contributed by atoms with van der Waals surface area (Å²) in [4.78, 5) is 4.12. The largest absolute Gasteiger partial charge is 0.497 e. The topological polar surface area (TPSA) is 41.8 Å². The molecule has 0 spiro atoms. The van der Waals surface area contributed by atoms with Gasteiger partial charge in [0.2, 0.25) is 0 Å². The van der Waals surface area contributed by atoms with Gasteiger partial charge in [-0.25, -0.2) is 0 Å². The van der Waals surface area contributed by atoms with E-state index in [1.807, 2.05) is 24.3 Å². The number of ether oxygens (including phenoxy) is 1. The van der Waals surface area contributed by atoms with Crippen molar-refractivity contribution in [2.45, 2.75) is 6.04 Å². The van der Waals surface area contributed by atoms with Crippen LogP contribution in [0.1, 0.15) is 5.56 Å². The van der Waals surface area contributed by atoms with E-state index >= 15 is 0 Å². The number of methoxy groups -OCH3 is 1. The molecule has 0 amide bonds. The van der Waals surface area contributed by atoms with Crippen LogP contribution in [0.5, 0.6) is 5.75 Å². The van der Waals surface area contributed by atoms with Gasteiger partial charge in [0.25, 0.3) is 0 Å². The summed E-state index contributed by atoms with van der Waals surface area (Å²) in [5, 5.41) is 8.80. The van der Waals surface area contributed by atoms with Crippen LogP contribution in [0.2, 0.25) is 0 Å². The third-order valence-corrected chi connectivity index (χ3v) is 2.10. The molecule has 1 aliphatic heterocycles. The van der Waals surface area contributed by atoms with Crippen molar-refractivity contribution in [3.8, 4) is 5.75 Å². The molecule has 0 aliphatic carbocycles. The second-order valence-electron chi connectivity index (χ2n) is 2.94. The van der Waals surface area contributed by atoms with Gasteiger partial charge in [-0.3, -0.25) is 4.99 Å². The molecule has 0 aromatic heterocycles. The number of hydrogen-bond acceptors (Lipinski definition) is 3. The van der Waals surface area contributed by atoms with Gasteiger partial charge >= 0.3 is 0 Å². The van der Waals surface area contributed by atoms with Gasteiger partial charge in [0.05, 0.1) is 19.4 Å². The van der Waals surface area contributed by atoms with Crippen molar-refractivity contribution in [1.29, 1.82) is 0 Å². The molecule has 0 radical (unpaired) electrons. The van der Waals surface area contributed by atoms with Crippen molar-refractivity contribution in [3.63, 3.8) is 0 Å². The van der Waals surface area contributed by atoms with Crippen LogP contribution in [0.4, 0.5) is 0 Å². The quantitative estimate of drug-likeness (QED) is 0.744. The zero-order valence-corrected chi connectivity index (χ0v) is 7.40. The van der Waals surface area contributed by atoms with E-state index in [2.05, 4.69) is 4.99 Å². The van der Waals surface area contributed by atoms with Gasteiger partial charge in [-0.15, -0.1) is 0 Å². The maximum absolute atomic E-state index is 8.80. The summed E-state index contributed by atoms with van der Waals surface area (Å²) in [6.45, 7) is 0.112. The first-order valence-corrected chi connectivity index (χ1v) is 4.18. The van der Waals surface area contributed by atoms with E-state index in [1.165, 1.54) is 0 Å². The highest BCUT2D eigenvalue weighted by Gasteiger charge is 2.27. The first kappa shape index (κ1) is 8.26.